The monoisotopic (exact) mass is 258 g/mol. The molecule has 2 heterocycles. The van der Waals surface area contributed by atoms with Crippen LogP contribution in [0.1, 0.15) is 38.2 Å². The summed E-state index contributed by atoms with van der Waals surface area (Å²) in [6, 6.07) is 6.12. The van der Waals surface area contributed by atoms with Gasteiger partial charge in [-0.2, -0.15) is 0 Å². The van der Waals surface area contributed by atoms with Gasteiger partial charge in [0.2, 0.25) is 0 Å². The van der Waals surface area contributed by atoms with Crippen LogP contribution in [0, 0.1) is 0 Å². The molecule has 4 nitrogen and oxygen atoms in total. The highest BCUT2D eigenvalue weighted by atomic mass is 15.1. The first kappa shape index (κ1) is 13.6. The highest BCUT2D eigenvalue weighted by Gasteiger charge is 2.05. The zero-order valence-corrected chi connectivity index (χ0v) is 11.8. The van der Waals surface area contributed by atoms with Gasteiger partial charge in [0.05, 0.1) is 5.69 Å². The van der Waals surface area contributed by atoms with Gasteiger partial charge in [-0.05, 0) is 25.0 Å². The van der Waals surface area contributed by atoms with Crippen LogP contribution in [0.5, 0.6) is 0 Å². The Bertz CT molecular complexity index is 504. The Morgan fingerprint density at radius 1 is 1.21 bits per heavy atom. The van der Waals surface area contributed by atoms with E-state index < -0.39 is 0 Å². The van der Waals surface area contributed by atoms with Gasteiger partial charge in [-0.1, -0.05) is 19.9 Å². The second-order valence-corrected chi connectivity index (χ2v) is 4.65. The lowest BCUT2D eigenvalue weighted by Gasteiger charge is -2.08. The summed E-state index contributed by atoms with van der Waals surface area (Å²) < 4.78 is 2.20. The van der Waals surface area contributed by atoms with Crippen molar-refractivity contribution in [3.63, 3.8) is 0 Å². The summed E-state index contributed by atoms with van der Waals surface area (Å²) in [5, 5.41) is 3.32. The molecule has 0 saturated heterocycles. The van der Waals surface area contributed by atoms with Gasteiger partial charge in [-0.15, -0.1) is 0 Å². The molecule has 0 fully saturated rings. The first-order chi connectivity index (χ1) is 9.33. The molecular weight excluding hydrogens is 236 g/mol. The molecule has 2 rings (SSSR count). The van der Waals surface area contributed by atoms with Crippen molar-refractivity contribution >= 4 is 5.82 Å². The van der Waals surface area contributed by atoms with Gasteiger partial charge in [0.15, 0.2) is 0 Å². The van der Waals surface area contributed by atoms with Gasteiger partial charge < -0.3 is 9.88 Å². The van der Waals surface area contributed by atoms with Gasteiger partial charge in [0.1, 0.15) is 11.6 Å². The Hall–Kier alpha value is -1.84. The minimum atomic E-state index is 0.786. The highest BCUT2D eigenvalue weighted by Crippen LogP contribution is 2.10. The molecule has 102 valence electrons. The van der Waals surface area contributed by atoms with Crippen LogP contribution in [-0.4, -0.2) is 21.1 Å². The van der Waals surface area contributed by atoms with E-state index in [0.29, 0.717) is 0 Å². The first-order valence-electron chi connectivity index (χ1n) is 7.03. The number of hydrogen-bond donors (Lipinski definition) is 1. The maximum atomic E-state index is 4.62. The molecule has 0 atom stereocenters. The third-order valence-corrected chi connectivity index (χ3v) is 2.97. The number of hydrogen-bond acceptors (Lipinski definition) is 3. The summed E-state index contributed by atoms with van der Waals surface area (Å²) in [6.45, 7) is 6.31. The molecule has 0 aromatic carbocycles. The fourth-order valence-corrected chi connectivity index (χ4v) is 2.04. The predicted molar refractivity (Wildman–Crippen MR) is 78.3 cm³/mol. The number of nitrogens with one attached hydrogen (secondary N) is 1. The van der Waals surface area contributed by atoms with E-state index in [-0.39, 0.29) is 0 Å². The lowest BCUT2D eigenvalue weighted by molar-refractivity contribution is 0.645. The van der Waals surface area contributed by atoms with Crippen molar-refractivity contribution in [3.05, 3.63) is 42.1 Å². The first-order valence-corrected chi connectivity index (χ1v) is 7.03. The van der Waals surface area contributed by atoms with E-state index in [9.17, 15) is 0 Å². The maximum Gasteiger partial charge on any atom is 0.126 e. The number of rotatable bonds is 7. The van der Waals surface area contributed by atoms with E-state index in [2.05, 4.69) is 39.8 Å². The van der Waals surface area contributed by atoms with E-state index in [4.69, 9.17) is 0 Å². The zero-order valence-electron chi connectivity index (χ0n) is 11.8. The predicted octanol–water partition coefficient (Wildman–Crippen LogP) is 3.10. The number of imidazole rings is 1. The number of aromatic nitrogens is 3. The normalized spacial score (nSPS) is 10.6. The molecule has 19 heavy (non-hydrogen) atoms. The number of pyridine rings is 1. The fourth-order valence-electron chi connectivity index (χ4n) is 2.04. The van der Waals surface area contributed by atoms with Crippen LogP contribution >= 0.6 is 0 Å². The Balaban J connectivity index is 2.07. The minimum absolute atomic E-state index is 0.786. The van der Waals surface area contributed by atoms with E-state index in [1.165, 1.54) is 0 Å². The smallest absolute Gasteiger partial charge is 0.126 e. The van der Waals surface area contributed by atoms with Crippen LogP contribution in [0.4, 0.5) is 5.82 Å². The number of aryl methyl sites for hydroxylation is 1. The number of anilines is 1. The summed E-state index contributed by atoms with van der Waals surface area (Å²) >= 11 is 0. The number of nitrogens with zero attached hydrogens (tertiary/aromatic N) is 3. The molecule has 0 radical (unpaired) electrons. The summed E-state index contributed by atoms with van der Waals surface area (Å²) in [6.07, 6.45) is 6.92. The molecule has 0 aliphatic heterocycles. The zero-order chi connectivity index (χ0) is 13.5. The van der Waals surface area contributed by atoms with Crippen LogP contribution in [0.25, 0.3) is 0 Å². The summed E-state index contributed by atoms with van der Waals surface area (Å²) in [4.78, 5) is 9.05. The van der Waals surface area contributed by atoms with E-state index in [1.807, 2.05) is 24.5 Å². The molecule has 0 bridgehead atoms. The van der Waals surface area contributed by atoms with Gasteiger partial charge >= 0.3 is 0 Å². The van der Waals surface area contributed by atoms with Crippen LogP contribution in [0.2, 0.25) is 0 Å². The van der Waals surface area contributed by atoms with Gasteiger partial charge in [-0.3, -0.25) is 0 Å². The quantitative estimate of drug-likeness (QED) is 0.830. The van der Waals surface area contributed by atoms with Crippen molar-refractivity contribution in [2.45, 2.75) is 39.7 Å². The van der Waals surface area contributed by atoms with E-state index in [0.717, 1.165) is 49.7 Å². The SMILES string of the molecule is CCCNc1cccc(Cc2nccn2CCC)n1. The standard InChI is InChI=1S/C15H22N4/c1-3-8-16-14-7-5-6-13(18-14)12-15-17-9-11-19(15)10-4-2/h5-7,9,11H,3-4,8,10,12H2,1-2H3,(H,16,18). The van der Waals surface area contributed by atoms with Crippen molar-refractivity contribution in [2.75, 3.05) is 11.9 Å². The topological polar surface area (TPSA) is 42.7 Å². The lowest BCUT2D eigenvalue weighted by Crippen LogP contribution is -2.06. The molecule has 4 heteroatoms. The van der Waals surface area contributed by atoms with Gasteiger partial charge in [-0.25, -0.2) is 9.97 Å². The Labute approximate surface area is 114 Å². The van der Waals surface area contributed by atoms with Gasteiger partial charge in [0.25, 0.3) is 0 Å². The maximum absolute atomic E-state index is 4.62. The molecule has 0 aliphatic rings. The average molecular weight is 258 g/mol. The summed E-state index contributed by atoms with van der Waals surface area (Å²) in [5.74, 6) is 2.04. The molecule has 0 aliphatic carbocycles. The molecule has 1 N–H and O–H groups in total. The van der Waals surface area contributed by atoms with Crippen molar-refractivity contribution in [3.8, 4) is 0 Å². The van der Waals surface area contributed by atoms with Crippen LogP contribution < -0.4 is 5.32 Å². The van der Waals surface area contributed by atoms with Crippen molar-refractivity contribution < 1.29 is 0 Å². The summed E-state index contributed by atoms with van der Waals surface area (Å²) in [7, 11) is 0. The molecule has 0 amide bonds. The minimum Gasteiger partial charge on any atom is -0.370 e. The third-order valence-electron chi connectivity index (χ3n) is 2.97. The molecule has 0 unspecified atom stereocenters. The Kier molecular flexibility index (Phi) is 4.95. The van der Waals surface area contributed by atoms with E-state index in [1.54, 1.807) is 0 Å². The third kappa shape index (κ3) is 3.81. The largest absolute Gasteiger partial charge is 0.370 e. The Morgan fingerprint density at radius 2 is 2.11 bits per heavy atom. The van der Waals surface area contributed by atoms with Crippen molar-refractivity contribution in [1.82, 2.24) is 14.5 Å². The highest BCUT2D eigenvalue weighted by molar-refractivity contribution is 5.35. The fraction of sp³-hybridized carbons (Fsp3) is 0.467. The van der Waals surface area contributed by atoms with Crippen LogP contribution in [0.3, 0.4) is 0 Å². The van der Waals surface area contributed by atoms with Crippen molar-refractivity contribution in [1.29, 1.82) is 0 Å². The molecular formula is C15H22N4. The second kappa shape index (κ2) is 6.92. The lowest BCUT2D eigenvalue weighted by atomic mass is 10.2. The molecule has 0 spiro atoms. The van der Waals surface area contributed by atoms with E-state index >= 15 is 0 Å². The molecule has 0 saturated carbocycles. The van der Waals surface area contributed by atoms with Crippen LogP contribution in [0.15, 0.2) is 30.6 Å². The molecule has 2 aromatic heterocycles. The molecule has 2 aromatic rings. The average Bonchev–Trinajstić information content (AvgIpc) is 2.85. The van der Waals surface area contributed by atoms with Gasteiger partial charge in [0, 0.05) is 31.9 Å². The summed E-state index contributed by atoms with van der Waals surface area (Å²) in [5.41, 5.74) is 1.06. The Morgan fingerprint density at radius 3 is 2.89 bits per heavy atom. The van der Waals surface area contributed by atoms with Crippen molar-refractivity contribution in [2.24, 2.45) is 0 Å². The van der Waals surface area contributed by atoms with Crippen LogP contribution in [-0.2, 0) is 13.0 Å². The second-order valence-electron chi connectivity index (χ2n) is 4.65.